The average Bonchev–Trinajstić information content (AvgIpc) is 3.39. The molecule has 8 nitrogen and oxygen atoms in total. The zero-order valence-electron chi connectivity index (χ0n) is 16.2. The smallest absolute Gasteiger partial charge is 0.258 e. The van der Waals surface area contributed by atoms with Crippen molar-refractivity contribution < 1.29 is 14.3 Å². The van der Waals surface area contributed by atoms with Crippen molar-refractivity contribution in [1.29, 1.82) is 0 Å². The van der Waals surface area contributed by atoms with E-state index in [0.29, 0.717) is 30.3 Å². The first-order valence-electron chi connectivity index (χ1n) is 9.15. The van der Waals surface area contributed by atoms with Crippen LogP contribution in [0.1, 0.15) is 10.4 Å². The lowest BCUT2D eigenvalue weighted by Gasteiger charge is -2.06. The van der Waals surface area contributed by atoms with E-state index in [1.165, 1.54) is 0 Å². The molecule has 8 heteroatoms. The normalized spacial score (nSPS) is 11.0. The van der Waals surface area contributed by atoms with Gasteiger partial charge in [0, 0.05) is 36.3 Å². The van der Waals surface area contributed by atoms with Crippen molar-refractivity contribution in [2.45, 2.75) is 6.54 Å². The van der Waals surface area contributed by atoms with Gasteiger partial charge in [0.05, 0.1) is 19.3 Å². The van der Waals surface area contributed by atoms with Gasteiger partial charge in [-0.3, -0.25) is 15.2 Å². The highest BCUT2D eigenvalue weighted by Crippen LogP contribution is 2.27. The maximum Gasteiger partial charge on any atom is 0.258 e. The number of benzene rings is 2. The Kier molecular flexibility index (Phi) is 5.26. The van der Waals surface area contributed by atoms with E-state index in [-0.39, 0.29) is 11.9 Å². The number of hydrogen-bond acceptors (Lipinski definition) is 5. The van der Waals surface area contributed by atoms with Crippen LogP contribution in [0.5, 0.6) is 5.75 Å². The highest BCUT2D eigenvalue weighted by molar-refractivity contribution is 6.12. The predicted molar refractivity (Wildman–Crippen MR) is 110 cm³/mol. The Morgan fingerprint density at radius 2 is 2.00 bits per heavy atom. The molecule has 0 spiro atoms. The summed E-state index contributed by atoms with van der Waals surface area (Å²) in [7, 11) is 3.26. The molecular formula is C21H21N5O3. The number of rotatable bonds is 7. The molecule has 0 fully saturated rings. The Labute approximate surface area is 167 Å². The molecular weight excluding hydrogens is 370 g/mol. The Hall–Kier alpha value is -3.65. The van der Waals surface area contributed by atoms with Gasteiger partial charge in [-0.1, -0.05) is 18.2 Å². The van der Waals surface area contributed by atoms with E-state index in [1.807, 2.05) is 48.7 Å². The molecule has 2 N–H and O–H groups in total. The standard InChI is InChI=1S/C21H21N5O3/c1-28-13-12-26-11-10-14-15(7-5-8-17(14)26)20(27)23-21-22-19(24-25-21)16-6-3-4-9-18(16)29-2/h3-11H,12-13H2,1-2H3,(H2,22,23,24,25,27). The van der Waals surface area contributed by atoms with E-state index in [2.05, 4.69) is 25.1 Å². The number of carbonyl (C=O) groups excluding carboxylic acids is 1. The zero-order chi connectivity index (χ0) is 20.2. The maximum absolute atomic E-state index is 12.9. The van der Waals surface area contributed by atoms with Gasteiger partial charge in [-0.05, 0) is 30.3 Å². The van der Waals surface area contributed by atoms with Crippen molar-refractivity contribution in [1.82, 2.24) is 19.7 Å². The van der Waals surface area contributed by atoms with Crippen LogP contribution < -0.4 is 10.1 Å². The zero-order valence-corrected chi connectivity index (χ0v) is 16.2. The Morgan fingerprint density at radius 3 is 2.83 bits per heavy atom. The number of methoxy groups -OCH3 is 2. The fourth-order valence-electron chi connectivity index (χ4n) is 3.25. The number of aromatic nitrogens is 4. The number of carbonyl (C=O) groups is 1. The molecule has 2 heterocycles. The average molecular weight is 391 g/mol. The molecule has 0 atom stereocenters. The number of para-hydroxylation sites is 1. The van der Waals surface area contributed by atoms with Gasteiger partial charge in [-0.25, -0.2) is 0 Å². The lowest BCUT2D eigenvalue weighted by atomic mass is 10.1. The van der Waals surface area contributed by atoms with Crippen LogP contribution in [0, 0.1) is 0 Å². The van der Waals surface area contributed by atoms with Gasteiger partial charge in [-0.2, -0.15) is 4.98 Å². The van der Waals surface area contributed by atoms with Crippen LogP contribution in [0.15, 0.2) is 54.7 Å². The summed E-state index contributed by atoms with van der Waals surface area (Å²) in [5.74, 6) is 1.11. The second-order valence-corrected chi connectivity index (χ2v) is 6.40. The number of amides is 1. The summed E-state index contributed by atoms with van der Waals surface area (Å²) in [6, 6.07) is 15.0. The second-order valence-electron chi connectivity index (χ2n) is 6.40. The highest BCUT2D eigenvalue weighted by Gasteiger charge is 2.16. The molecule has 4 rings (SSSR count). The van der Waals surface area contributed by atoms with Gasteiger partial charge in [0.25, 0.3) is 5.91 Å². The molecule has 0 aliphatic heterocycles. The lowest BCUT2D eigenvalue weighted by Crippen LogP contribution is -2.13. The van der Waals surface area contributed by atoms with E-state index >= 15 is 0 Å². The Balaban J connectivity index is 1.58. The summed E-state index contributed by atoms with van der Waals surface area (Å²) in [4.78, 5) is 17.2. The summed E-state index contributed by atoms with van der Waals surface area (Å²) in [6.07, 6.45) is 1.95. The largest absolute Gasteiger partial charge is 0.496 e. The van der Waals surface area contributed by atoms with Gasteiger partial charge in [0.1, 0.15) is 5.75 Å². The molecule has 0 bridgehead atoms. The molecule has 1 amide bonds. The van der Waals surface area contributed by atoms with Gasteiger partial charge in [0.2, 0.25) is 5.95 Å². The van der Waals surface area contributed by atoms with Crippen LogP contribution in [0.4, 0.5) is 5.95 Å². The molecule has 4 aromatic rings. The first-order chi connectivity index (χ1) is 14.2. The minimum absolute atomic E-state index is 0.201. The third kappa shape index (κ3) is 3.70. The predicted octanol–water partition coefficient (Wildman–Crippen LogP) is 3.33. The highest BCUT2D eigenvalue weighted by atomic mass is 16.5. The van der Waals surface area contributed by atoms with Crippen LogP contribution in [0.25, 0.3) is 22.3 Å². The minimum Gasteiger partial charge on any atom is -0.496 e. The van der Waals surface area contributed by atoms with E-state index in [0.717, 1.165) is 16.5 Å². The first-order valence-corrected chi connectivity index (χ1v) is 9.15. The quantitative estimate of drug-likeness (QED) is 0.504. The maximum atomic E-state index is 12.9. The summed E-state index contributed by atoms with van der Waals surface area (Å²) in [5, 5.41) is 10.6. The molecule has 0 saturated carbocycles. The molecule has 0 radical (unpaired) electrons. The van der Waals surface area contributed by atoms with E-state index in [4.69, 9.17) is 9.47 Å². The topological polar surface area (TPSA) is 94.1 Å². The van der Waals surface area contributed by atoms with Crippen molar-refractivity contribution in [3.8, 4) is 17.1 Å². The summed E-state index contributed by atoms with van der Waals surface area (Å²) < 4.78 is 12.6. The van der Waals surface area contributed by atoms with Crippen LogP contribution in [0.3, 0.4) is 0 Å². The number of hydrogen-bond donors (Lipinski definition) is 2. The number of ether oxygens (including phenoxy) is 2. The molecule has 0 unspecified atom stereocenters. The van der Waals surface area contributed by atoms with E-state index in [9.17, 15) is 4.79 Å². The number of nitrogens with zero attached hydrogens (tertiary/aromatic N) is 3. The number of H-pyrrole nitrogens is 1. The van der Waals surface area contributed by atoms with E-state index < -0.39 is 0 Å². The van der Waals surface area contributed by atoms with Crippen molar-refractivity contribution in [2.75, 3.05) is 26.1 Å². The van der Waals surface area contributed by atoms with Crippen LogP contribution in [-0.4, -0.2) is 46.5 Å². The van der Waals surface area contributed by atoms with Crippen LogP contribution in [0.2, 0.25) is 0 Å². The number of anilines is 1. The molecule has 0 aliphatic rings. The monoisotopic (exact) mass is 391 g/mol. The number of aromatic amines is 1. The van der Waals surface area contributed by atoms with Gasteiger partial charge >= 0.3 is 0 Å². The number of fused-ring (bicyclic) bond motifs is 1. The molecule has 2 aromatic heterocycles. The third-order valence-electron chi connectivity index (χ3n) is 4.67. The molecule has 0 saturated heterocycles. The molecule has 29 heavy (non-hydrogen) atoms. The van der Waals surface area contributed by atoms with Gasteiger partial charge in [0.15, 0.2) is 5.82 Å². The molecule has 0 aliphatic carbocycles. The SMILES string of the molecule is COCCn1ccc2c(C(=O)Nc3n[nH]c(-c4ccccc4OC)n3)cccc21. The van der Waals surface area contributed by atoms with Gasteiger partial charge in [-0.15, -0.1) is 5.10 Å². The molecule has 2 aromatic carbocycles. The molecule has 148 valence electrons. The third-order valence-corrected chi connectivity index (χ3v) is 4.67. The van der Waals surface area contributed by atoms with Crippen LogP contribution in [-0.2, 0) is 11.3 Å². The Bertz CT molecular complexity index is 1150. The van der Waals surface area contributed by atoms with Crippen molar-refractivity contribution in [3.05, 3.63) is 60.3 Å². The minimum atomic E-state index is -0.273. The first kappa shape index (κ1) is 18.7. The van der Waals surface area contributed by atoms with Crippen molar-refractivity contribution in [2.24, 2.45) is 0 Å². The van der Waals surface area contributed by atoms with Gasteiger partial charge < -0.3 is 14.0 Å². The van der Waals surface area contributed by atoms with Crippen molar-refractivity contribution >= 4 is 22.8 Å². The number of nitrogens with one attached hydrogen (secondary N) is 2. The summed E-state index contributed by atoms with van der Waals surface area (Å²) >= 11 is 0. The van der Waals surface area contributed by atoms with Crippen LogP contribution >= 0.6 is 0 Å². The summed E-state index contributed by atoms with van der Waals surface area (Å²) in [6.45, 7) is 1.32. The lowest BCUT2D eigenvalue weighted by molar-refractivity contribution is 0.102. The summed E-state index contributed by atoms with van der Waals surface area (Å²) in [5.41, 5.74) is 2.29. The second kappa shape index (κ2) is 8.15. The fourth-order valence-corrected chi connectivity index (χ4v) is 3.25. The Morgan fingerprint density at radius 1 is 1.14 bits per heavy atom. The van der Waals surface area contributed by atoms with Crippen molar-refractivity contribution in [3.63, 3.8) is 0 Å². The fraction of sp³-hybridized carbons (Fsp3) is 0.190. The van der Waals surface area contributed by atoms with E-state index in [1.54, 1.807) is 20.3 Å².